The van der Waals surface area contributed by atoms with E-state index in [4.69, 9.17) is 11.6 Å². The van der Waals surface area contributed by atoms with Crippen molar-refractivity contribution in [2.75, 3.05) is 13.1 Å². The predicted octanol–water partition coefficient (Wildman–Crippen LogP) is 5.21. The highest BCUT2D eigenvalue weighted by atomic mass is 35.5. The van der Waals surface area contributed by atoms with Crippen LogP contribution in [0, 0.1) is 18.8 Å². The number of hydrogen-bond donors (Lipinski definition) is 1. The fraction of sp³-hybridized carbons (Fsp3) is 0.259. The van der Waals surface area contributed by atoms with Gasteiger partial charge in [-0.2, -0.15) is 0 Å². The number of nitrogens with one attached hydrogen (secondary N) is 1. The lowest BCUT2D eigenvalue weighted by Crippen LogP contribution is -2.45. The second-order valence-corrected chi connectivity index (χ2v) is 10.8. The van der Waals surface area contributed by atoms with Crippen LogP contribution in [0.15, 0.2) is 60.7 Å². The fourth-order valence-corrected chi connectivity index (χ4v) is 6.18. The molecular weight excluding hydrogens is 480 g/mol. The number of likely N-dealkylation sites (tertiary alicyclic amines) is 1. The second kappa shape index (κ2) is 8.73. The average Bonchev–Trinajstić information content (AvgIpc) is 3.38. The second-order valence-electron chi connectivity index (χ2n) is 9.20. The molecule has 6 rings (SSSR count). The van der Waals surface area contributed by atoms with Gasteiger partial charge in [-0.3, -0.25) is 9.59 Å². The van der Waals surface area contributed by atoms with Gasteiger partial charge in [-0.25, -0.2) is 9.97 Å². The van der Waals surface area contributed by atoms with E-state index in [0.717, 1.165) is 32.8 Å². The van der Waals surface area contributed by atoms with Gasteiger partial charge in [0, 0.05) is 23.5 Å². The molecule has 1 saturated heterocycles. The van der Waals surface area contributed by atoms with Crippen LogP contribution >= 0.6 is 22.9 Å². The first-order valence-electron chi connectivity index (χ1n) is 11.7. The molecule has 3 atom stereocenters. The van der Waals surface area contributed by atoms with Gasteiger partial charge in [0.2, 0.25) is 0 Å². The van der Waals surface area contributed by atoms with Crippen molar-refractivity contribution in [1.29, 1.82) is 0 Å². The van der Waals surface area contributed by atoms with E-state index in [1.54, 1.807) is 6.07 Å². The number of rotatable bonds is 5. The fourth-order valence-electron chi connectivity index (χ4n) is 5.08. The molecule has 176 valence electrons. The van der Waals surface area contributed by atoms with Gasteiger partial charge in [0.1, 0.15) is 11.4 Å². The van der Waals surface area contributed by atoms with Gasteiger partial charge in [0.05, 0.1) is 21.4 Å². The van der Waals surface area contributed by atoms with Gasteiger partial charge in [-0.1, -0.05) is 48.0 Å². The molecular formula is C27H23ClN4O2S. The number of carbonyl (C=O) groups is 2. The Hall–Kier alpha value is -3.29. The number of para-hydroxylation sites is 1. The smallest absolute Gasteiger partial charge is 0.274 e. The summed E-state index contributed by atoms with van der Waals surface area (Å²) in [4.78, 5) is 38.4. The van der Waals surface area contributed by atoms with Crippen LogP contribution < -0.4 is 5.32 Å². The molecule has 3 heterocycles. The molecule has 2 aromatic heterocycles. The van der Waals surface area contributed by atoms with E-state index >= 15 is 0 Å². The van der Waals surface area contributed by atoms with E-state index in [0.29, 0.717) is 41.3 Å². The number of carbonyl (C=O) groups excluding carboxylic acids is 2. The van der Waals surface area contributed by atoms with Crippen molar-refractivity contribution in [3.63, 3.8) is 0 Å². The molecule has 1 aliphatic heterocycles. The van der Waals surface area contributed by atoms with Gasteiger partial charge in [-0.05, 0) is 55.0 Å². The van der Waals surface area contributed by atoms with Crippen LogP contribution in [-0.4, -0.2) is 45.8 Å². The van der Waals surface area contributed by atoms with Gasteiger partial charge >= 0.3 is 0 Å². The lowest BCUT2D eigenvalue weighted by Gasteiger charge is -2.27. The van der Waals surface area contributed by atoms with E-state index in [1.165, 1.54) is 11.3 Å². The third-order valence-corrected chi connectivity index (χ3v) is 8.15. The maximum Gasteiger partial charge on any atom is 0.274 e. The summed E-state index contributed by atoms with van der Waals surface area (Å²) in [5.41, 5.74) is 2.52. The molecule has 0 bridgehead atoms. The van der Waals surface area contributed by atoms with Crippen LogP contribution in [0.25, 0.3) is 21.3 Å². The van der Waals surface area contributed by atoms with Crippen molar-refractivity contribution in [1.82, 2.24) is 20.2 Å². The van der Waals surface area contributed by atoms with Crippen LogP contribution in [0.2, 0.25) is 5.02 Å². The van der Waals surface area contributed by atoms with Crippen molar-refractivity contribution in [2.24, 2.45) is 11.8 Å². The summed E-state index contributed by atoms with van der Waals surface area (Å²) >= 11 is 7.70. The zero-order valence-electron chi connectivity index (χ0n) is 19.1. The van der Waals surface area contributed by atoms with E-state index in [1.807, 2.05) is 66.4 Å². The Morgan fingerprint density at radius 1 is 1.11 bits per heavy atom. The van der Waals surface area contributed by atoms with Crippen LogP contribution in [0.1, 0.15) is 32.4 Å². The normalized spacial score (nSPS) is 20.6. The Labute approximate surface area is 212 Å². The number of halogens is 1. The van der Waals surface area contributed by atoms with Gasteiger partial charge in [-0.15, -0.1) is 11.3 Å². The minimum absolute atomic E-state index is 0.0499. The minimum atomic E-state index is -0.226. The van der Waals surface area contributed by atoms with Gasteiger partial charge < -0.3 is 10.2 Å². The Bertz CT molecular complexity index is 1470. The Morgan fingerprint density at radius 2 is 1.97 bits per heavy atom. The molecule has 1 N–H and O–H groups in total. The molecule has 2 aromatic carbocycles. The Morgan fingerprint density at radius 3 is 2.83 bits per heavy atom. The number of aryl methyl sites for hydroxylation is 1. The quantitative estimate of drug-likeness (QED) is 0.406. The van der Waals surface area contributed by atoms with E-state index in [9.17, 15) is 9.59 Å². The third-order valence-electron chi connectivity index (χ3n) is 6.89. The molecule has 0 spiro atoms. The maximum atomic E-state index is 13.7. The maximum absolute atomic E-state index is 13.7. The highest BCUT2D eigenvalue weighted by Crippen LogP contribution is 2.50. The Kier molecular flexibility index (Phi) is 5.54. The summed E-state index contributed by atoms with van der Waals surface area (Å²) in [6.07, 6.45) is 1.09. The molecule has 0 unspecified atom stereocenters. The number of amides is 2. The summed E-state index contributed by atoms with van der Waals surface area (Å²) in [6.45, 7) is 3.00. The highest BCUT2D eigenvalue weighted by molar-refractivity contribution is 7.15. The van der Waals surface area contributed by atoms with Crippen molar-refractivity contribution >= 4 is 45.7 Å². The van der Waals surface area contributed by atoms with Crippen molar-refractivity contribution < 1.29 is 9.59 Å². The molecule has 2 aliphatic rings. The van der Waals surface area contributed by atoms with Crippen LogP contribution in [0.3, 0.4) is 0 Å². The summed E-state index contributed by atoms with van der Waals surface area (Å²) in [5.74, 6) is 0.600. The first-order chi connectivity index (χ1) is 17.0. The van der Waals surface area contributed by atoms with E-state index in [-0.39, 0.29) is 17.9 Å². The number of aromatic nitrogens is 2. The standard InChI is InChI=1S/C27H23ClN4O2S/c1-15-30-24(25(35-15)17-6-4-7-19(28)11-17)27(34)32-14-18-12-20(18)23(32)13-29-26(33)22-10-9-16-5-2-3-8-21(16)31-22/h2-11,18,20,23H,12-14H2,1H3,(H,29,33)/t18-,20-,23-/m1/s1. The molecule has 1 saturated carbocycles. The lowest BCUT2D eigenvalue weighted by molar-refractivity contribution is 0.0690. The van der Waals surface area contributed by atoms with Crippen molar-refractivity contribution in [3.05, 3.63) is 82.1 Å². The van der Waals surface area contributed by atoms with Gasteiger partial charge in [0.25, 0.3) is 11.8 Å². The Balaban J connectivity index is 1.21. The topological polar surface area (TPSA) is 75.2 Å². The molecule has 4 aromatic rings. The molecule has 2 amide bonds. The molecule has 1 aliphatic carbocycles. The minimum Gasteiger partial charge on any atom is -0.349 e. The summed E-state index contributed by atoms with van der Waals surface area (Å²) in [7, 11) is 0. The molecule has 6 nitrogen and oxygen atoms in total. The predicted molar refractivity (Wildman–Crippen MR) is 138 cm³/mol. The summed E-state index contributed by atoms with van der Waals surface area (Å²) in [5, 5.41) is 5.48. The largest absolute Gasteiger partial charge is 0.349 e. The van der Waals surface area contributed by atoms with Crippen LogP contribution in [-0.2, 0) is 0 Å². The molecule has 8 heteroatoms. The number of thiazole rings is 1. The number of hydrogen-bond acceptors (Lipinski definition) is 5. The number of pyridine rings is 1. The zero-order valence-corrected chi connectivity index (χ0v) is 20.6. The lowest BCUT2D eigenvalue weighted by atomic mass is 10.1. The van der Waals surface area contributed by atoms with Crippen LogP contribution in [0.5, 0.6) is 0 Å². The first kappa shape index (κ1) is 22.2. The van der Waals surface area contributed by atoms with Crippen molar-refractivity contribution in [2.45, 2.75) is 19.4 Å². The monoisotopic (exact) mass is 502 g/mol. The summed E-state index contributed by atoms with van der Waals surface area (Å²) in [6, 6.07) is 18.8. The number of nitrogens with zero attached hydrogens (tertiary/aromatic N) is 3. The van der Waals surface area contributed by atoms with E-state index in [2.05, 4.69) is 15.3 Å². The average molecular weight is 503 g/mol. The summed E-state index contributed by atoms with van der Waals surface area (Å²) < 4.78 is 0. The number of piperidine rings is 1. The van der Waals surface area contributed by atoms with Crippen molar-refractivity contribution in [3.8, 4) is 10.4 Å². The highest BCUT2D eigenvalue weighted by Gasteiger charge is 2.54. The van der Waals surface area contributed by atoms with E-state index < -0.39 is 0 Å². The number of fused-ring (bicyclic) bond motifs is 2. The van der Waals surface area contributed by atoms with Crippen LogP contribution in [0.4, 0.5) is 0 Å². The molecule has 35 heavy (non-hydrogen) atoms. The third kappa shape index (κ3) is 4.19. The molecule has 0 radical (unpaired) electrons. The number of benzene rings is 2. The molecule has 2 fully saturated rings. The zero-order chi connectivity index (χ0) is 24.1. The van der Waals surface area contributed by atoms with Gasteiger partial charge in [0.15, 0.2) is 0 Å². The first-order valence-corrected chi connectivity index (χ1v) is 12.9. The SMILES string of the molecule is Cc1nc(C(=O)N2C[C@H]3C[C@H]3[C@H]2CNC(=O)c2ccc3ccccc3n2)c(-c2cccc(Cl)c2)s1.